The summed E-state index contributed by atoms with van der Waals surface area (Å²) >= 11 is 0. The second kappa shape index (κ2) is 12.7. The molecule has 0 fully saturated rings. The number of oxazole rings is 1. The van der Waals surface area contributed by atoms with Crippen molar-refractivity contribution in [2.24, 2.45) is 0 Å². The van der Waals surface area contributed by atoms with Crippen LogP contribution in [0.1, 0.15) is 28.1 Å². The molecule has 0 spiro atoms. The van der Waals surface area contributed by atoms with Crippen molar-refractivity contribution in [3.05, 3.63) is 138 Å². The number of imidazole rings is 2. The van der Waals surface area contributed by atoms with E-state index in [1.807, 2.05) is 55.8 Å². The topological polar surface area (TPSA) is 61.7 Å². The maximum absolute atomic E-state index is 5.78. The molecular weight excluding hydrogens is 711 g/mol. The van der Waals surface area contributed by atoms with Crippen LogP contribution in [0.4, 0.5) is 0 Å². The summed E-state index contributed by atoms with van der Waals surface area (Å²) in [5, 5.41) is 0. The summed E-state index contributed by atoms with van der Waals surface area (Å²) in [6.45, 7) is 10.3. The van der Waals surface area contributed by atoms with Gasteiger partial charge >= 0.3 is 0 Å². The zero-order valence-electron chi connectivity index (χ0n) is 24.7. The third-order valence-corrected chi connectivity index (χ3v) is 7.27. The molecule has 7 heteroatoms. The summed E-state index contributed by atoms with van der Waals surface area (Å²) in [5.41, 5.74) is 11.6. The molecule has 0 bridgehead atoms. The van der Waals surface area contributed by atoms with E-state index in [2.05, 4.69) is 107 Å². The van der Waals surface area contributed by atoms with E-state index in [1.165, 1.54) is 27.9 Å². The van der Waals surface area contributed by atoms with Crippen LogP contribution < -0.4 is 0 Å². The van der Waals surface area contributed by atoms with Crippen LogP contribution in [-0.2, 0) is 20.1 Å². The standard InChI is InChI=1S/C19H16N3O.C17H15N2.Ir/c1-12-6-4-7-13(2)17(12)22-11-10-20-19(22)15-8-5-9-16-18(15)23-14(3)21-16;1-13-7-6-8-14(2)17(13)19-11-16(18-12-19)15-9-4-3-5-10-15;/h4-7,9-11H,1-3H3;3-9,11-12H,1-2H3;/q2*-1;. The van der Waals surface area contributed by atoms with Crippen molar-refractivity contribution >= 4 is 11.1 Å². The molecule has 0 amide bonds. The van der Waals surface area contributed by atoms with E-state index in [0.29, 0.717) is 5.89 Å². The number of benzene rings is 4. The van der Waals surface area contributed by atoms with Crippen LogP contribution in [0.3, 0.4) is 0 Å². The van der Waals surface area contributed by atoms with Gasteiger partial charge in [0.2, 0.25) is 0 Å². The Morgan fingerprint density at radius 1 is 0.721 bits per heavy atom. The zero-order chi connectivity index (χ0) is 29.2. The maximum Gasteiger partial charge on any atom is 0.180 e. The van der Waals surface area contributed by atoms with E-state index in [4.69, 9.17) is 4.42 Å². The molecule has 0 atom stereocenters. The summed E-state index contributed by atoms with van der Waals surface area (Å²) in [5.74, 6) is 1.45. The Kier molecular flexibility index (Phi) is 8.86. The molecule has 0 N–H and O–H groups in total. The van der Waals surface area contributed by atoms with E-state index in [9.17, 15) is 0 Å². The van der Waals surface area contributed by atoms with Gasteiger partial charge in [-0.1, -0.05) is 42.0 Å². The molecule has 0 aliphatic carbocycles. The van der Waals surface area contributed by atoms with Gasteiger partial charge in [0.25, 0.3) is 0 Å². The Labute approximate surface area is 265 Å². The minimum Gasteiger partial charge on any atom is -0.488 e. The summed E-state index contributed by atoms with van der Waals surface area (Å²) in [7, 11) is 0. The predicted molar refractivity (Wildman–Crippen MR) is 167 cm³/mol. The van der Waals surface area contributed by atoms with Crippen molar-refractivity contribution < 1.29 is 24.5 Å². The predicted octanol–water partition coefficient (Wildman–Crippen LogP) is 8.36. The SMILES string of the molecule is Cc1cccc(C)c1-n1cnc(-c2[c-]cccc2)c1.Cc1nc2cc[c-]c(-c3nccn3-c3c(C)cccc3C)c2o1.[Ir]. The average Bonchev–Trinajstić information content (AvgIpc) is 3.73. The Bertz CT molecular complexity index is 1960. The summed E-state index contributed by atoms with van der Waals surface area (Å²) < 4.78 is 9.95. The van der Waals surface area contributed by atoms with Gasteiger partial charge < -0.3 is 13.6 Å². The fourth-order valence-electron chi connectivity index (χ4n) is 5.38. The van der Waals surface area contributed by atoms with Crippen molar-refractivity contribution in [1.29, 1.82) is 0 Å². The van der Waals surface area contributed by atoms with Crippen LogP contribution in [0, 0.1) is 46.8 Å². The average molecular weight is 742 g/mol. The number of hydrogen-bond acceptors (Lipinski definition) is 4. The first kappa shape index (κ1) is 29.9. The van der Waals surface area contributed by atoms with Gasteiger partial charge in [0.1, 0.15) is 0 Å². The number of fused-ring (bicyclic) bond motifs is 1. The number of hydrogen-bond donors (Lipinski definition) is 0. The van der Waals surface area contributed by atoms with Crippen molar-refractivity contribution in [1.82, 2.24) is 24.1 Å². The van der Waals surface area contributed by atoms with Gasteiger partial charge in [-0.15, -0.1) is 54.1 Å². The molecule has 43 heavy (non-hydrogen) atoms. The smallest absolute Gasteiger partial charge is 0.180 e. The molecule has 0 aliphatic rings. The largest absolute Gasteiger partial charge is 0.488 e. The minimum atomic E-state index is 0. The summed E-state index contributed by atoms with van der Waals surface area (Å²) in [6, 6.07) is 30.7. The molecule has 4 aromatic carbocycles. The minimum absolute atomic E-state index is 0. The van der Waals surface area contributed by atoms with Crippen molar-refractivity contribution in [2.75, 3.05) is 0 Å². The number of rotatable bonds is 4. The summed E-state index contributed by atoms with van der Waals surface area (Å²) in [6.07, 6.45) is 7.70. The van der Waals surface area contributed by atoms with E-state index in [-0.39, 0.29) is 20.1 Å². The van der Waals surface area contributed by atoms with Gasteiger partial charge in [-0.3, -0.25) is 9.97 Å². The molecular formula is C36H31IrN5O-2. The maximum atomic E-state index is 5.78. The van der Waals surface area contributed by atoms with Crippen LogP contribution >= 0.6 is 0 Å². The van der Waals surface area contributed by atoms with Crippen molar-refractivity contribution in [3.8, 4) is 34.0 Å². The first-order chi connectivity index (χ1) is 20.4. The fraction of sp³-hybridized carbons (Fsp3) is 0.139. The number of aromatic nitrogens is 5. The zero-order valence-corrected chi connectivity index (χ0v) is 27.1. The molecule has 7 rings (SSSR count). The fourth-order valence-corrected chi connectivity index (χ4v) is 5.38. The molecule has 7 aromatic rings. The van der Waals surface area contributed by atoms with Gasteiger partial charge in [0, 0.05) is 56.3 Å². The Hall–Kier alpha value is -4.58. The first-order valence-corrected chi connectivity index (χ1v) is 13.9. The second-order valence-electron chi connectivity index (χ2n) is 10.3. The molecule has 0 saturated heterocycles. The van der Waals surface area contributed by atoms with Crippen LogP contribution in [0.15, 0.2) is 102 Å². The molecule has 3 aromatic heterocycles. The molecule has 0 unspecified atom stereocenters. The van der Waals surface area contributed by atoms with Gasteiger partial charge in [0.15, 0.2) is 5.89 Å². The van der Waals surface area contributed by atoms with Crippen molar-refractivity contribution in [2.45, 2.75) is 34.6 Å². The third-order valence-electron chi connectivity index (χ3n) is 7.27. The van der Waals surface area contributed by atoms with Gasteiger partial charge in [0.05, 0.1) is 23.4 Å². The Morgan fingerprint density at radius 3 is 2.09 bits per heavy atom. The number of aryl methyl sites for hydroxylation is 5. The van der Waals surface area contributed by atoms with Crippen LogP contribution in [0.25, 0.3) is 45.1 Å². The molecule has 3 heterocycles. The number of nitrogens with zero attached hydrogens (tertiary/aromatic N) is 5. The van der Waals surface area contributed by atoms with Gasteiger partial charge in [-0.25, -0.2) is 4.98 Å². The van der Waals surface area contributed by atoms with E-state index < -0.39 is 0 Å². The molecule has 0 saturated carbocycles. The normalized spacial score (nSPS) is 10.7. The van der Waals surface area contributed by atoms with Crippen LogP contribution in [0.5, 0.6) is 0 Å². The van der Waals surface area contributed by atoms with Crippen LogP contribution in [-0.4, -0.2) is 24.1 Å². The molecule has 1 radical (unpaired) electrons. The van der Waals surface area contributed by atoms with Gasteiger partial charge in [-0.2, -0.15) is 0 Å². The van der Waals surface area contributed by atoms with E-state index in [1.54, 1.807) is 6.20 Å². The second-order valence-corrected chi connectivity index (χ2v) is 10.3. The Balaban J connectivity index is 0.000000170. The number of para-hydroxylation sites is 2. The van der Waals surface area contributed by atoms with Crippen LogP contribution in [0.2, 0.25) is 0 Å². The molecule has 0 aliphatic heterocycles. The van der Waals surface area contributed by atoms with E-state index in [0.717, 1.165) is 39.4 Å². The van der Waals surface area contributed by atoms with Crippen molar-refractivity contribution in [3.63, 3.8) is 0 Å². The third kappa shape index (κ3) is 6.00. The Morgan fingerprint density at radius 2 is 1.42 bits per heavy atom. The summed E-state index contributed by atoms with van der Waals surface area (Å²) in [4.78, 5) is 13.4. The quantitative estimate of drug-likeness (QED) is 0.170. The first-order valence-electron chi connectivity index (χ1n) is 13.9. The molecule has 217 valence electrons. The monoisotopic (exact) mass is 742 g/mol. The van der Waals surface area contributed by atoms with Gasteiger partial charge in [-0.05, 0) is 56.1 Å². The molecule has 6 nitrogen and oxygen atoms in total. The van der Waals surface area contributed by atoms with E-state index >= 15 is 0 Å².